The van der Waals surface area contributed by atoms with Crippen molar-refractivity contribution in [2.45, 2.75) is 33.2 Å². The summed E-state index contributed by atoms with van der Waals surface area (Å²) in [7, 11) is 0. The standard InChI is InChI=1S/C18H23N/c1-14-9-10-18(15(2)11-14)13-19-12-16(3)17-7-5-4-6-8-17/h4-11,16,19H,12-13H2,1-3H3. The van der Waals surface area contributed by atoms with Crippen LogP contribution in [0, 0.1) is 13.8 Å². The van der Waals surface area contributed by atoms with E-state index in [2.05, 4.69) is 74.6 Å². The Kier molecular flexibility index (Phi) is 4.75. The number of rotatable bonds is 5. The zero-order valence-corrected chi connectivity index (χ0v) is 12.1. The lowest BCUT2D eigenvalue weighted by Gasteiger charge is -2.14. The topological polar surface area (TPSA) is 12.0 Å². The Balaban J connectivity index is 1.86. The molecule has 1 nitrogen and oxygen atoms in total. The van der Waals surface area contributed by atoms with Crippen molar-refractivity contribution in [3.8, 4) is 0 Å². The van der Waals surface area contributed by atoms with E-state index in [4.69, 9.17) is 0 Å². The van der Waals surface area contributed by atoms with Crippen LogP contribution in [-0.4, -0.2) is 6.54 Å². The molecule has 0 saturated heterocycles. The number of hydrogen-bond acceptors (Lipinski definition) is 1. The van der Waals surface area contributed by atoms with E-state index in [-0.39, 0.29) is 0 Å². The van der Waals surface area contributed by atoms with Gasteiger partial charge < -0.3 is 5.32 Å². The minimum atomic E-state index is 0.548. The molecule has 0 aliphatic rings. The van der Waals surface area contributed by atoms with E-state index in [1.165, 1.54) is 22.3 Å². The van der Waals surface area contributed by atoms with Gasteiger partial charge in [0, 0.05) is 13.1 Å². The summed E-state index contributed by atoms with van der Waals surface area (Å²) in [5.41, 5.74) is 5.50. The zero-order chi connectivity index (χ0) is 13.7. The lowest BCUT2D eigenvalue weighted by molar-refractivity contribution is 0.614. The van der Waals surface area contributed by atoms with Crippen molar-refractivity contribution >= 4 is 0 Å². The second-order valence-electron chi connectivity index (χ2n) is 5.37. The molecule has 0 amide bonds. The molecule has 0 bridgehead atoms. The van der Waals surface area contributed by atoms with Crippen LogP contribution >= 0.6 is 0 Å². The van der Waals surface area contributed by atoms with Gasteiger partial charge >= 0.3 is 0 Å². The maximum absolute atomic E-state index is 3.56. The first-order valence-corrected chi connectivity index (χ1v) is 6.98. The fraction of sp³-hybridized carbons (Fsp3) is 0.333. The maximum atomic E-state index is 3.56. The van der Waals surface area contributed by atoms with Crippen LogP contribution in [0.15, 0.2) is 48.5 Å². The van der Waals surface area contributed by atoms with E-state index in [0.29, 0.717) is 5.92 Å². The Hall–Kier alpha value is -1.60. The lowest BCUT2D eigenvalue weighted by Crippen LogP contribution is -2.20. The van der Waals surface area contributed by atoms with Crippen LogP contribution in [0.2, 0.25) is 0 Å². The highest BCUT2D eigenvalue weighted by molar-refractivity contribution is 5.30. The van der Waals surface area contributed by atoms with Crippen LogP contribution in [0.4, 0.5) is 0 Å². The van der Waals surface area contributed by atoms with Gasteiger partial charge in [0.2, 0.25) is 0 Å². The second-order valence-corrected chi connectivity index (χ2v) is 5.37. The summed E-state index contributed by atoms with van der Waals surface area (Å²) in [6, 6.07) is 17.3. The average Bonchev–Trinajstić information content (AvgIpc) is 2.42. The summed E-state index contributed by atoms with van der Waals surface area (Å²) in [5.74, 6) is 0.548. The fourth-order valence-corrected chi connectivity index (χ4v) is 2.37. The van der Waals surface area contributed by atoms with Crippen LogP contribution in [0.5, 0.6) is 0 Å². The molecule has 0 saturated carbocycles. The third kappa shape index (κ3) is 3.93. The molecule has 0 aliphatic carbocycles. The molecule has 2 aromatic rings. The number of hydrogen-bond donors (Lipinski definition) is 1. The molecular formula is C18H23N. The first kappa shape index (κ1) is 13.8. The number of nitrogens with one attached hydrogen (secondary N) is 1. The molecule has 2 rings (SSSR count). The van der Waals surface area contributed by atoms with Gasteiger partial charge in [-0.15, -0.1) is 0 Å². The fourth-order valence-electron chi connectivity index (χ4n) is 2.37. The van der Waals surface area contributed by atoms with E-state index >= 15 is 0 Å². The van der Waals surface area contributed by atoms with E-state index in [0.717, 1.165) is 13.1 Å². The average molecular weight is 253 g/mol. The largest absolute Gasteiger partial charge is 0.312 e. The number of aryl methyl sites for hydroxylation is 2. The van der Waals surface area contributed by atoms with Gasteiger partial charge in [0.15, 0.2) is 0 Å². The zero-order valence-electron chi connectivity index (χ0n) is 12.1. The van der Waals surface area contributed by atoms with Crippen molar-refractivity contribution in [3.63, 3.8) is 0 Å². The quantitative estimate of drug-likeness (QED) is 0.842. The maximum Gasteiger partial charge on any atom is 0.0208 e. The predicted octanol–water partition coefficient (Wildman–Crippen LogP) is 4.20. The Labute approximate surface area is 116 Å². The molecule has 1 atom stereocenters. The highest BCUT2D eigenvalue weighted by atomic mass is 14.9. The molecule has 0 radical (unpaired) electrons. The minimum absolute atomic E-state index is 0.548. The van der Waals surface area contributed by atoms with Crippen LogP contribution in [0.3, 0.4) is 0 Å². The van der Waals surface area contributed by atoms with E-state index in [1.54, 1.807) is 0 Å². The Morgan fingerprint density at radius 1 is 1.00 bits per heavy atom. The molecule has 0 heterocycles. The molecule has 0 aromatic heterocycles. The van der Waals surface area contributed by atoms with E-state index < -0.39 is 0 Å². The van der Waals surface area contributed by atoms with Gasteiger partial charge in [0.1, 0.15) is 0 Å². The van der Waals surface area contributed by atoms with Gasteiger partial charge in [-0.05, 0) is 36.5 Å². The highest BCUT2D eigenvalue weighted by Gasteiger charge is 2.04. The van der Waals surface area contributed by atoms with Crippen molar-refractivity contribution in [2.75, 3.05) is 6.54 Å². The molecule has 100 valence electrons. The van der Waals surface area contributed by atoms with Crippen molar-refractivity contribution in [2.24, 2.45) is 0 Å². The van der Waals surface area contributed by atoms with Crippen molar-refractivity contribution in [1.82, 2.24) is 5.32 Å². The van der Waals surface area contributed by atoms with Crippen LogP contribution in [-0.2, 0) is 6.54 Å². The van der Waals surface area contributed by atoms with Crippen molar-refractivity contribution in [1.29, 1.82) is 0 Å². The summed E-state index contributed by atoms with van der Waals surface area (Å²) in [6.45, 7) is 8.55. The highest BCUT2D eigenvalue weighted by Crippen LogP contribution is 2.14. The third-order valence-electron chi connectivity index (χ3n) is 3.63. The van der Waals surface area contributed by atoms with E-state index in [9.17, 15) is 0 Å². The van der Waals surface area contributed by atoms with Crippen LogP contribution < -0.4 is 5.32 Å². The summed E-state index contributed by atoms with van der Waals surface area (Å²) in [6.07, 6.45) is 0. The van der Waals surface area contributed by atoms with Gasteiger partial charge in [0.05, 0.1) is 0 Å². The van der Waals surface area contributed by atoms with Gasteiger partial charge in [-0.3, -0.25) is 0 Å². The smallest absolute Gasteiger partial charge is 0.0208 e. The van der Waals surface area contributed by atoms with Crippen LogP contribution in [0.25, 0.3) is 0 Å². The molecular weight excluding hydrogens is 230 g/mol. The molecule has 0 fully saturated rings. The second kappa shape index (κ2) is 6.53. The minimum Gasteiger partial charge on any atom is -0.312 e. The van der Waals surface area contributed by atoms with Crippen molar-refractivity contribution in [3.05, 3.63) is 70.8 Å². The molecule has 2 aromatic carbocycles. The molecule has 0 aliphatic heterocycles. The van der Waals surface area contributed by atoms with Gasteiger partial charge in [0.25, 0.3) is 0 Å². The lowest BCUT2D eigenvalue weighted by atomic mass is 10.0. The molecule has 1 unspecified atom stereocenters. The normalized spacial score (nSPS) is 12.4. The Morgan fingerprint density at radius 3 is 2.42 bits per heavy atom. The first-order chi connectivity index (χ1) is 9.16. The first-order valence-electron chi connectivity index (χ1n) is 6.98. The summed E-state index contributed by atoms with van der Waals surface area (Å²) in [4.78, 5) is 0. The Morgan fingerprint density at radius 2 is 1.74 bits per heavy atom. The SMILES string of the molecule is Cc1ccc(CNCC(C)c2ccccc2)c(C)c1. The third-order valence-corrected chi connectivity index (χ3v) is 3.63. The van der Waals surface area contributed by atoms with Crippen molar-refractivity contribution < 1.29 is 0 Å². The van der Waals surface area contributed by atoms with Gasteiger partial charge in [-0.25, -0.2) is 0 Å². The van der Waals surface area contributed by atoms with Gasteiger partial charge in [-0.1, -0.05) is 61.0 Å². The monoisotopic (exact) mass is 253 g/mol. The van der Waals surface area contributed by atoms with E-state index in [1.807, 2.05) is 0 Å². The predicted molar refractivity (Wildman–Crippen MR) is 82.5 cm³/mol. The van der Waals surface area contributed by atoms with Gasteiger partial charge in [-0.2, -0.15) is 0 Å². The molecule has 19 heavy (non-hydrogen) atoms. The Bertz CT molecular complexity index is 516. The number of benzene rings is 2. The molecule has 1 heteroatoms. The van der Waals surface area contributed by atoms with Crippen LogP contribution in [0.1, 0.15) is 35.1 Å². The summed E-state index contributed by atoms with van der Waals surface area (Å²) < 4.78 is 0. The summed E-state index contributed by atoms with van der Waals surface area (Å²) >= 11 is 0. The summed E-state index contributed by atoms with van der Waals surface area (Å²) in [5, 5.41) is 3.56. The molecule has 1 N–H and O–H groups in total. The molecule has 0 spiro atoms.